The number of rotatable bonds is 6. The van der Waals surface area contributed by atoms with Crippen molar-refractivity contribution in [3.63, 3.8) is 0 Å². The van der Waals surface area contributed by atoms with Gasteiger partial charge in [-0.2, -0.15) is 4.98 Å². The van der Waals surface area contributed by atoms with E-state index in [9.17, 15) is 0 Å². The van der Waals surface area contributed by atoms with Gasteiger partial charge in [0.2, 0.25) is 5.95 Å². The Hall–Kier alpha value is -1.40. The molecule has 0 unspecified atom stereocenters. The minimum absolute atomic E-state index is 0.220. The van der Waals surface area contributed by atoms with Crippen LogP contribution in [0.5, 0.6) is 0 Å². The Bertz CT molecular complexity index is 553. The molecule has 0 atom stereocenters. The van der Waals surface area contributed by atoms with Gasteiger partial charge in [-0.3, -0.25) is 0 Å². The van der Waals surface area contributed by atoms with Crippen LogP contribution < -0.4 is 10.6 Å². The molecule has 0 aromatic carbocycles. The minimum Gasteiger partial charge on any atom is -0.374 e. The minimum atomic E-state index is -0.220. The van der Waals surface area contributed by atoms with Crippen molar-refractivity contribution < 1.29 is 4.74 Å². The first kappa shape index (κ1) is 14.0. The molecule has 0 radical (unpaired) electrons. The summed E-state index contributed by atoms with van der Waals surface area (Å²) in [6.45, 7) is 7.53. The number of fused-ring (bicyclic) bond motifs is 1. The van der Waals surface area contributed by atoms with Crippen molar-refractivity contribution in [3.8, 4) is 0 Å². The Balaban J connectivity index is 2.22. The molecule has 2 aromatic heterocycles. The second-order valence-electron chi connectivity index (χ2n) is 4.83. The van der Waals surface area contributed by atoms with Gasteiger partial charge in [-0.1, -0.05) is 0 Å². The molecule has 0 amide bonds. The molecule has 0 aliphatic heterocycles. The fourth-order valence-electron chi connectivity index (χ4n) is 1.84. The first-order valence-electron chi connectivity index (χ1n) is 6.36. The molecule has 0 saturated heterocycles. The van der Waals surface area contributed by atoms with Gasteiger partial charge in [0.1, 0.15) is 10.6 Å². The highest BCUT2D eigenvalue weighted by atomic mass is 32.1. The van der Waals surface area contributed by atoms with E-state index in [0.29, 0.717) is 19.1 Å². The Morgan fingerprint density at radius 3 is 2.84 bits per heavy atom. The highest BCUT2D eigenvalue weighted by Gasteiger charge is 2.18. The van der Waals surface area contributed by atoms with Crippen LogP contribution in [0, 0.1) is 0 Å². The number of hydrogen-bond donors (Lipinski definition) is 2. The number of thiophene rings is 1. The maximum absolute atomic E-state index is 5.68. The molecule has 2 heterocycles. The number of nitrogens with zero attached hydrogens (tertiary/aromatic N) is 2. The van der Waals surface area contributed by atoms with Crippen molar-refractivity contribution in [2.24, 2.45) is 0 Å². The van der Waals surface area contributed by atoms with Crippen LogP contribution in [-0.4, -0.2) is 35.8 Å². The van der Waals surface area contributed by atoms with E-state index in [4.69, 9.17) is 4.74 Å². The molecule has 6 heteroatoms. The molecule has 19 heavy (non-hydrogen) atoms. The van der Waals surface area contributed by atoms with Crippen LogP contribution in [0.25, 0.3) is 10.2 Å². The first-order chi connectivity index (χ1) is 9.05. The van der Waals surface area contributed by atoms with Gasteiger partial charge in [-0.15, -0.1) is 11.3 Å². The summed E-state index contributed by atoms with van der Waals surface area (Å²) in [5.74, 6) is 1.48. The zero-order chi connectivity index (χ0) is 13.9. The maximum atomic E-state index is 5.68. The number of aromatic nitrogens is 2. The molecule has 2 rings (SSSR count). The van der Waals surface area contributed by atoms with Crippen molar-refractivity contribution in [1.29, 1.82) is 0 Å². The lowest BCUT2D eigenvalue weighted by Gasteiger charge is -2.25. The Morgan fingerprint density at radius 2 is 2.16 bits per heavy atom. The van der Waals surface area contributed by atoms with Crippen LogP contribution in [0.1, 0.15) is 20.8 Å². The predicted molar refractivity (Wildman–Crippen MR) is 81.2 cm³/mol. The quantitative estimate of drug-likeness (QED) is 0.852. The molecule has 0 saturated carbocycles. The van der Waals surface area contributed by atoms with Gasteiger partial charge in [0.25, 0.3) is 0 Å². The third kappa shape index (κ3) is 3.33. The monoisotopic (exact) mass is 280 g/mol. The van der Waals surface area contributed by atoms with Gasteiger partial charge >= 0.3 is 0 Å². The lowest BCUT2D eigenvalue weighted by Crippen LogP contribution is -2.33. The first-order valence-corrected chi connectivity index (χ1v) is 7.24. The zero-order valence-electron chi connectivity index (χ0n) is 11.8. The molecule has 0 aliphatic carbocycles. The number of anilines is 2. The van der Waals surface area contributed by atoms with Crippen LogP contribution in [0.3, 0.4) is 0 Å². The molecule has 104 valence electrons. The molecular weight excluding hydrogens is 260 g/mol. The van der Waals surface area contributed by atoms with Gasteiger partial charge in [-0.05, 0) is 32.2 Å². The predicted octanol–water partition coefficient (Wildman–Crippen LogP) is 2.96. The summed E-state index contributed by atoms with van der Waals surface area (Å²) in [5, 5.41) is 9.43. The molecule has 0 spiro atoms. The fourth-order valence-corrected chi connectivity index (χ4v) is 2.60. The summed E-state index contributed by atoms with van der Waals surface area (Å²) in [5.41, 5.74) is -0.220. The van der Waals surface area contributed by atoms with E-state index in [1.54, 1.807) is 11.3 Å². The van der Waals surface area contributed by atoms with E-state index in [0.717, 1.165) is 16.0 Å². The average molecular weight is 280 g/mol. The van der Waals surface area contributed by atoms with Gasteiger partial charge < -0.3 is 15.4 Å². The SMILES string of the molecule is CCOC(C)(C)CNc1nc(NC)nc2sccc12. The normalized spacial score (nSPS) is 11.8. The summed E-state index contributed by atoms with van der Waals surface area (Å²) in [7, 11) is 1.82. The van der Waals surface area contributed by atoms with Crippen molar-refractivity contribution in [1.82, 2.24) is 9.97 Å². The summed E-state index contributed by atoms with van der Waals surface area (Å²) >= 11 is 1.61. The molecule has 5 nitrogen and oxygen atoms in total. The van der Waals surface area contributed by atoms with Crippen LogP contribution in [0.4, 0.5) is 11.8 Å². The Morgan fingerprint density at radius 1 is 1.37 bits per heavy atom. The van der Waals surface area contributed by atoms with Gasteiger partial charge in [-0.25, -0.2) is 4.98 Å². The maximum Gasteiger partial charge on any atom is 0.225 e. The topological polar surface area (TPSA) is 59.1 Å². The molecule has 0 bridgehead atoms. The number of nitrogens with one attached hydrogen (secondary N) is 2. The van der Waals surface area contributed by atoms with Crippen LogP contribution in [-0.2, 0) is 4.74 Å². The van der Waals surface area contributed by atoms with Gasteiger partial charge in [0.05, 0.1) is 11.0 Å². The third-order valence-electron chi connectivity index (χ3n) is 2.77. The van der Waals surface area contributed by atoms with E-state index in [2.05, 4.69) is 34.4 Å². The Kier molecular flexibility index (Phi) is 4.21. The van der Waals surface area contributed by atoms with Crippen molar-refractivity contribution >= 4 is 33.3 Å². The molecule has 2 N–H and O–H groups in total. The largest absolute Gasteiger partial charge is 0.374 e. The second-order valence-corrected chi connectivity index (χ2v) is 5.73. The molecule has 2 aromatic rings. The van der Waals surface area contributed by atoms with E-state index < -0.39 is 0 Å². The zero-order valence-corrected chi connectivity index (χ0v) is 12.6. The highest BCUT2D eigenvalue weighted by molar-refractivity contribution is 7.16. The van der Waals surface area contributed by atoms with Crippen molar-refractivity contribution in [2.45, 2.75) is 26.4 Å². The standard InChI is InChI=1S/C13H20N4OS/c1-5-18-13(2,3)8-15-10-9-6-7-19-11(9)17-12(14-4)16-10/h6-7H,5,8H2,1-4H3,(H2,14,15,16,17). The molecule has 0 fully saturated rings. The molecule has 0 aliphatic rings. The summed E-state index contributed by atoms with van der Waals surface area (Å²) in [4.78, 5) is 9.88. The Labute approximate surface area is 117 Å². The van der Waals surface area contributed by atoms with E-state index >= 15 is 0 Å². The van der Waals surface area contributed by atoms with Crippen LogP contribution in [0.2, 0.25) is 0 Å². The van der Waals surface area contributed by atoms with Crippen molar-refractivity contribution in [2.75, 3.05) is 30.8 Å². The van der Waals surface area contributed by atoms with Crippen LogP contribution >= 0.6 is 11.3 Å². The summed E-state index contributed by atoms with van der Waals surface area (Å²) in [6.07, 6.45) is 0. The second kappa shape index (κ2) is 5.71. The summed E-state index contributed by atoms with van der Waals surface area (Å²) < 4.78 is 5.68. The van der Waals surface area contributed by atoms with Crippen LogP contribution in [0.15, 0.2) is 11.4 Å². The smallest absolute Gasteiger partial charge is 0.225 e. The lowest BCUT2D eigenvalue weighted by molar-refractivity contribution is 0.000664. The third-order valence-corrected chi connectivity index (χ3v) is 3.57. The van der Waals surface area contributed by atoms with E-state index in [1.165, 1.54) is 0 Å². The number of hydrogen-bond acceptors (Lipinski definition) is 6. The van der Waals surface area contributed by atoms with Gasteiger partial charge in [0, 0.05) is 20.2 Å². The number of ether oxygens (including phenoxy) is 1. The average Bonchev–Trinajstić information content (AvgIpc) is 2.83. The lowest BCUT2D eigenvalue weighted by atomic mass is 10.1. The van der Waals surface area contributed by atoms with E-state index in [-0.39, 0.29) is 5.60 Å². The van der Waals surface area contributed by atoms with Gasteiger partial charge in [0.15, 0.2) is 0 Å². The van der Waals surface area contributed by atoms with E-state index in [1.807, 2.05) is 25.4 Å². The highest BCUT2D eigenvalue weighted by Crippen LogP contribution is 2.26. The van der Waals surface area contributed by atoms with Crippen molar-refractivity contribution in [3.05, 3.63) is 11.4 Å². The fraction of sp³-hybridized carbons (Fsp3) is 0.538. The summed E-state index contributed by atoms with van der Waals surface area (Å²) in [6, 6.07) is 2.04. The molecular formula is C13H20N4OS.